The first-order chi connectivity index (χ1) is 12.1. The van der Waals surface area contributed by atoms with Crippen molar-refractivity contribution in [1.29, 1.82) is 0 Å². The summed E-state index contributed by atoms with van der Waals surface area (Å²) in [4.78, 5) is 25.5. The number of rotatable bonds is 5. The van der Waals surface area contributed by atoms with Crippen molar-refractivity contribution in [1.82, 2.24) is 0 Å². The standard InChI is InChI=1S/C19H19NO4S/c1-23-13-9-6-12(7-10-13)8-11-16(21)20-18-17(19(22)24-2)14-4-3-5-15(14)25-18/h6-11H,3-5H2,1-2H3,(H,20,21)/b11-8+. The van der Waals surface area contributed by atoms with E-state index in [1.807, 2.05) is 24.3 Å². The Hall–Kier alpha value is -2.60. The van der Waals surface area contributed by atoms with E-state index in [-0.39, 0.29) is 5.91 Å². The Morgan fingerprint density at radius 3 is 2.60 bits per heavy atom. The summed E-state index contributed by atoms with van der Waals surface area (Å²) >= 11 is 1.46. The second-order valence-electron chi connectivity index (χ2n) is 5.65. The molecule has 6 heteroatoms. The Labute approximate surface area is 150 Å². The molecule has 1 aromatic carbocycles. The zero-order valence-electron chi connectivity index (χ0n) is 14.1. The van der Waals surface area contributed by atoms with Crippen LogP contribution in [0.25, 0.3) is 6.08 Å². The Bertz CT molecular complexity index is 821. The van der Waals surface area contributed by atoms with Crippen LogP contribution in [0, 0.1) is 0 Å². The van der Waals surface area contributed by atoms with Crippen molar-refractivity contribution in [2.75, 3.05) is 19.5 Å². The minimum atomic E-state index is -0.395. The normalized spacial score (nSPS) is 12.9. The molecule has 3 rings (SSSR count). The van der Waals surface area contributed by atoms with Gasteiger partial charge < -0.3 is 14.8 Å². The lowest BCUT2D eigenvalue weighted by Gasteiger charge is -2.05. The summed E-state index contributed by atoms with van der Waals surface area (Å²) in [6.45, 7) is 0. The van der Waals surface area contributed by atoms with Gasteiger partial charge in [0.25, 0.3) is 0 Å². The molecular formula is C19H19NO4S. The number of fused-ring (bicyclic) bond motifs is 1. The predicted molar refractivity (Wildman–Crippen MR) is 98.3 cm³/mol. The molecule has 0 bridgehead atoms. The molecule has 1 aliphatic rings. The Balaban J connectivity index is 1.74. The van der Waals surface area contributed by atoms with E-state index in [9.17, 15) is 9.59 Å². The van der Waals surface area contributed by atoms with Gasteiger partial charge in [0, 0.05) is 11.0 Å². The molecule has 0 spiro atoms. The van der Waals surface area contributed by atoms with Crippen LogP contribution in [-0.4, -0.2) is 26.1 Å². The van der Waals surface area contributed by atoms with Gasteiger partial charge in [0.1, 0.15) is 10.8 Å². The molecule has 0 fully saturated rings. The molecule has 0 saturated carbocycles. The molecule has 1 N–H and O–H groups in total. The van der Waals surface area contributed by atoms with Crippen molar-refractivity contribution < 1.29 is 19.1 Å². The van der Waals surface area contributed by atoms with Gasteiger partial charge in [0.15, 0.2) is 0 Å². The van der Waals surface area contributed by atoms with Crippen LogP contribution in [0.1, 0.15) is 32.8 Å². The number of anilines is 1. The van der Waals surface area contributed by atoms with E-state index in [2.05, 4.69) is 5.32 Å². The topological polar surface area (TPSA) is 64.6 Å². The highest BCUT2D eigenvalue weighted by molar-refractivity contribution is 7.17. The second kappa shape index (κ2) is 7.53. The zero-order valence-corrected chi connectivity index (χ0v) is 14.9. The van der Waals surface area contributed by atoms with Gasteiger partial charge in [-0.2, -0.15) is 0 Å². The quantitative estimate of drug-likeness (QED) is 0.655. The third-order valence-corrected chi connectivity index (χ3v) is 5.30. The van der Waals surface area contributed by atoms with Gasteiger partial charge in [0.2, 0.25) is 5.91 Å². The molecule has 1 aromatic heterocycles. The molecule has 0 saturated heterocycles. The molecule has 2 aromatic rings. The molecule has 25 heavy (non-hydrogen) atoms. The van der Waals surface area contributed by atoms with Gasteiger partial charge in [-0.1, -0.05) is 12.1 Å². The summed E-state index contributed by atoms with van der Waals surface area (Å²) in [5.41, 5.74) is 2.41. The second-order valence-corrected chi connectivity index (χ2v) is 6.75. The van der Waals surface area contributed by atoms with Crippen LogP contribution in [-0.2, 0) is 22.4 Å². The van der Waals surface area contributed by atoms with E-state index in [0.717, 1.165) is 41.0 Å². The first kappa shape index (κ1) is 17.2. The highest BCUT2D eigenvalue weighted by Crippen LogP contribution is 2.39. The number of benzene rings is 1. The summed E-state index contributed by atoms with van der Waals surface area (Å²) in [6.07, 6.45) is 6.01. The number of aryl methyl sites for hydroxylation is 1. The van der Waals surface area contributed by atoms with Crippen LogP contribution in [0.15, 0.2) is 30.3 Å². The Morgan fingerprint density at radius 1 is 1.16 bits per heavy atom. The highest BCUT2D eigenvalue weighted by atomic mass is 32.1. The van der Waals surface area contributed by atoms with Gasteiger partial charge in [-0.25, -0.2) is 4.79 Å². The van der Waals surface area contributed by atoms with Crippen molar-refractivity contribution in [2.24, 2.45) is 0 Å². The van der Waals surface area contributed by atoms with Crippen LogP contribution >= 0.6 is 11.3 Å². The molecule has 130 valence electrons. The third kappa shape index (κ3) is 3.74. The van der Waals surface area contributed by atoms with Gasteiger partial charge in [-0.3, -0.25) is 4.79 Å². The van der Waals surface area contributed by atoms with Crippen molar-refractivity contribution in [2.45, 2.75) is 19.3 Å². The van der Waals surface area contributed by atoms with Crippen molar-refractivity contribution in [3.05, 3.63) is 51.9 Å². The van der Waals surface area contributed by atoms with Crippen LogP contribution in [0.3, 0.4) is 0 Å². The van der Waals surface area contributed by atoms with Gasteiger partial charge in [-0.05, 0) is 48.6 Å². The predicted octanol–water partition coefficient (Wildman–Crippen LogP) is 3.68. The molecule has 1 aliphatic carbocycles. The summed E-state index contributed by atoms with van der Waals surface area (Å²) < 4.78 is 9.98. The molecular weight excluding hydrogens is 338 g/mol. The number of carbonyl (C=O) groups excluding carboxylic acids is 2. The first-order valence-electron chi connectivity index (χ1n) is 7.98. The molecule has 1 heterocycles. The van der Waals surface area contributed by atoms with Crippen molar-refractivity contribution in [3.63, 3.8) is 0 Å². The number of amides is 1. The Morgan fingerprint density at radius 2 is 1.92 bits per heavy atom. The average molecular weight is 357 g/mol. The lowest BCUT2D eigenvalue weighted by atomic mass is 10.1. The van der Waals surface area contributed by atoms with Crippen LogP contribution in [0.2, 0.25) is 0 Å². The number of methoxy groups -OCH3 is 2. The fraction of sp³-hybridized carbons (Fsp3) is 0.263. The lowest BCUT2D eigenvalue weighted by molar-refractivity contribution is -0.111. The first-order valence-corrected chi connectivity index (χ1v) is 8.80. The maximum absolute atomic E-state index is 12.2. The van der Waals surface area contributed by atoms with Crippen molar-refractivity contribution in [3.8, 4) is 5.75 Å². The van der Waals surface area contributed by atoms with E-state index in [1.54, 1.807) is 13.2 Å². The van der Waals surface area contributed by atoms with Gasteiger partial charge in [-0.15, -0.1) is 11.3 Å². The summed E-state index contributed by atoms with van der Waals surface area (Å²) in [7, 11) is 2.96. The Kier molecular flexibility index (Phi) is 5.19. The number of nitrogens with one attached hydrogen (secondary N) is 1. The van der Waals surface area contributed by atoms with E-state index in [0.29, 0.717) is 10.6 Å². The van der Waals surface area contributed by atoms with Crippen LogP contribution in [0.4, 0.5) is 5.00 Å². The zero-order chi connectivity index (χ0) is 17.8. The lowest BCUT2D eigenvalue weighted by Crippen LogP contribution is -2.12. The molecule has 0 radical (unpaired) electrons. The van der Waals surface area contributed by atoms with E-state index < -0.39 is 5.97 Å². The number of ether oxygens (including phenoxy) is 2. The van der Waals surface area contributed by atoms with E-state index >= 15 is 0 Å². The number of hydrogen-bond acceptors (Lipinski definition) is 5. The fourth-order valence-electron chi connectivity index (χ4n) is 2.85. The van der Waals surface area contributed by atoms with Crippen molar-refractivity contribution >= 4 is 34.3 Å². The average Bonchev–Trinajstić information content (AvgIpc) is 3.20. The summed E-state index contributed by atoms with van der Waals surface area (Å²) in [5, 5.41) is 3.39. The largest absolute Gasteiger partial charge is 0.497 e. The fourth-order valence-corrected chi connectivity index (χ4v) is 4.13. The SMILES string of the molecule is COC(=O)c1c(NC(=O)/C=C/c2ccc(OC)cc2)sc2c1CCC2. The van der Waals surface area contributed by atoms with Crippen LogP contribution in [0.5, 0.6) is 5.75 Å². The maximum atomic E-state index is 12.2. The van der Waals surface area contributed by atoms with E-state index in [4.69, 9.17) is 9.47 Å². The molecule has 1 amide bonds. The van der Waals surface area contributed by atoms with Crippen LogP contribution < -0.4 is 10.1 Å². The number of carbonyl (C=O) groups is 2. The molecule has 5 nitrogen and oxygen atoms in total. The van der Waals surface area contributed by atoms with Gasteiger partial charge >= 0.3 is 5.97 Å². The smallest absolute Gasteiger partial charge is 0.341 e. The maximum Gasteiger partial charge on any atom is 0.341 e. The minimum absolute atomic E-state index is 0.277. The summed E-state index contributed by atoms with van der Waals surface area (Å²) in [5.74, 6) is 0.0900. The third-order valence-electron chi connectivity index (χ3n) is 4.09. The number of esters is 1. The number of hydrogen-bond donors (Lipinski definition) is 1. The van der Waals surface area contributed by atoms with E-state index in [1.165, 1.54) is 24.5 Å². The minimum Gasteiger partial charge on any atom is -0.497 e. The number of thiophene rings is 1. The molecule has 0 aliphatic heterocycles. The molecule has 0 unspecified atom stereocenters. The molecule has 0 atom stereocenters. The highest BCUT2D eigenvalue weighted by Gasteiger charge is 2.27. The van der Waals surface area contributed by atoms with Gasteiger partial charge in [0.05, 0.1) is 19.8 Å². The monoisotopic (exact) mass is 357 g/mol. The summed E-state index contributed by atoms with van der Waals surface area (Å²) in [6, 6.07) is 7.39.